The lowest BCUT2D eigenvalue weighted by Gasteiger charge is -2.09. The number of rotatable bonds is 5. The molecule has 1 aliphatic rings. The summed E-state index contributed by atoms with van der Waals surface area (Å²) in [7, 11) is 0. The Balaban J connectivity index is 1.58. The second kappa shape index (κ2) is 6.15. The zero-order valence-corrected chi connectivity index (χ0v) is 11.4. The molecule has 2 aromatic rings. The number of para-hydroxylation sites is 1. The summed E-state index contributed by atoms with van der Waals surface area (Å²) < 4.78 is 5.57. The van der Waals surface area contributed by atoms with Gasteiger partial charge in [0.2, 0.25) is 0 Å². The molecular weight excluding hydrogens is 254 g/mol. The molecule has 2 N–H and O–H groups in total. The minimum absolute atomic E-state index is 0.0773. The third-order valence-electron chi connectivity index (χ3n) is 3.62. The largest absolute Gasteiger partial charge is 0.378 e. The predicted molar refractivity (Wildman–Crippen MR) is 77.7 cm³/mol. The van der Waals surface area contributed by atoms with Crippen molar-refractivity contribution in [1.29, 1.82) is 0 Å². The minimum Gasteiger partial charge on any atom is -0.378 e. The van der Waals surface area contributed by atoms with Crippen molar-refractivity contribution in [1.82, 2.24) is 15.3 Å². The van der Waals surface area contributed by atoms with Crippen LogP contribution in [-0.4, -0.2) is 29.2 Å². The van der Waals surface area contributed by atoms with Crippen LogP contribution in [0.2, 0.25) is 0 Å². The Bertz CT molecular complexity index is 632. The summed E-state index contributed by atoms with van der Waals surface area (Å²) in [6.07, 6.45) is 3.74. The topological polar surface area (TPSA) is 67.0 Å². The highest BCUT2D eigenvalue weighted by Crippen LogP contribution is 2.14. The van der Waals surface area contributed by atoms with Crippen LogP contribution in [0.5, 0.6) is 0 Å². The van der Waals surface area contributed by atoms with Crippen LogP contribution in [0.1, 0.15) is 25.1 Å². The molecule has 0 radical (unpaired) electrons. The SMILES string of the molecule is O=c1[nH]c(CNCCC2CCCO2)nc2ccccc12. The highest BCUT2D eigenvalue weighted by molar-refractivity contribution is 5.77. The molecule has 1 atom stereocenters. The van der Waals surface area contributed by atoms with Crippen molar-refractivity contribution < 1.29 is 4.74 Å². The third kappa shape index (κ3) is 3.05. The molecule has 1 unspecified atom stereocenters. The molecule has 20 heavy (non-hydrogen) atoms. The molecule has 0 aliphatic carbocycles. The number of aromatic amines is 1. The summed E-state index contributed by atoms with van der Waals surface area (Å²) in [4.78, 5) is 19.2. The molecule has 1 aliphatic heterocycles. The predicted octanol–water partition coefficient (Wildman–Crippen LogP) is 1.58. The van der Waals surface area contributed by atoms with Gasteiger partial charge < -0.3 is 15.0 Å². The smallest absolute Gasteiger partial charge is 0.258 e. The van der Waals surface area contributed by atoms with Crippen molar-refractivity contribution in [3.05, 3.63) is 40.4 Å². The fourth-order valence-electron chi connectivity index (χ4n) is 2.56. The summed E-state index contributed by atoms with van der Waals surface area (Å²) in [6, 6.07) is 7.39. The van der Waals surface area contributed by atoms with Crippen molar-refractivity contribution in [2.45, 2.75) is 31.9 Å². The lowest BCUT2D eigenvalue weighted by molar-refractivity contribution is 0.104. The van der Waals surface area contributed by atoms with E-state index in [0.717, 1.165) is 31.5 Å². The molecule has 0 saturated carbocycles. The van der Waals surface area contributed by atoms with E-state index in [1.807, 2.05) is 18.2 Å². The fourth-order valence-corrected chi connectivity index (χ4v) is 2.56. The summed E-state index contributed by atoms with van der Waals surface area (Å²) in [5, 5.41) is 3.94. The van der Waals surface area contributed by atoms with Crippen LogP contribution in [0.25, 0.3) is 10.9 Å². The monoisotopic (exact) mass is 273 g/mol. The van der Waals surface area contributed by atoms with Gasteiger partial charge in [-0.2, -0.15) is 0 Å². The Morgan fingerprint density at radius 1 is 1.40 bits per heavy atom. The van der Waals surface area contributed by atoms with E-state index < -0.39 is 0 Å². The summed E-state index contributed by atoms with van der Waals surface area (Å²) in [6.45, 7) is 2.35. The number of hydrogen-bond donors (Lipinski definition) is 2. The van der Waals surface area contributed by atoms with E-state index in [0.29, 0.717) is 23.9 Å². The molecule has 1 saturated heterocycles. The molecule has 1 aromatic heterocycles. The average molecular weight is 273 g/mol. The molecular formula is C15H19N3O2. The Morgan fingerprint density at radius 2 is 2.30 bits per heavy atom. The Hall–Kier alpha value is -1.72. The van der Waals surface area contributed by atoms with Crippen LogP contribution in [-0.2, 0) is 11.3 Å². The Morgan fingerprint density at radius 3 is 3.15 bits per heavy atom. The van der Waals surface area contributed by atoms with Crippen molar-refractivity contribution in [3.8, 4) is 0 Å². The van der Waals surface area contributed by atoms with E-state index in [1.165, 1.54) is 6.42 Å². The van der Waals surface area contributed by atoms with Gasteiger partial charge in [0.25, 0.3) is 5.56 Å². The van der Waals surface area contributed by atoms with Gasteiger partial charge in [-0.1, -0.05) is 12.1 Å². The molecule has 0 bridgehead atoms. The average Bonchev–Trinajstić information content (AvgIpc) is 2.97. The molecule has 5 heteroatoms. The van der Waals surface area contributed by atoms with Crippen molar-refractivity contribution >= 4 is 10.9 Å². The van der Waals surface area contributed by atoms with E-state index in [-0.39, 0.29) is 5.56 Å². The molecule has 0 amide bonds. The summed E-state index contributed by atoms with van der Waals surface area (Å²) in [5.41, 5.74) is 0.665. The van der Waals surface area contributed by atoms with Crippen LogP contribution in [0.15, 0.2) is 29.1 Å². The van der Waals surface area contributed by atoms with Gasteiger partial charge in [0.05, 0.1) is 23.6 Å². The molecule has 1 aromatic carbocycles. The number of fused-ring (bicyclic) bond motifs is 1. The van der Waals surface area contributed by atoms with Gasteiger partial charge in [-0.25, -0.2) is 4.98 Å². The molecule has 2 heterocycles. The summed E-state index contributed by atoms with van der Waals surface area (Å²) in [5.74, 6) is 0.682. The highest BCUT2D eigenvalue weighted by Gasteiger charge is 2.14. The first-order valence-electron chi connectivity index (χ1n) is 7.13. The van der Waals surface area contributed by atoms with E-state index in [9.17, 15) is 4.79 Å². The van der Waals surface area contributed by atoms with E-state index in [1.54, 1.807) is 6.07 Å². The maximum atomic E-state index is 11.9. The van der Waals surface area contributed by atoms with Gasteiger partial charge in [-0.3, -0.25) is 4.79 Å². The first kappa shape index (κ1) is 13.3. The van der Waals surface area contributed by atoms with Crippen LogP contribution in [0.3, 0.4) is 0 Å². The van der Waals surface area contributed by atoms with Crippen LogP contribution in [0, 0.1) is 0 Å². The van der Waals surface area contributed by atoms with Crippen molar-refractivity contribution in [3.63, 3.8) is 0 Å². The lowest BCUT2D eigenvalue weighted by atomic mass is 10.2. The van der Waals surface area contributed by atoms with Crippen molar-refractivity contribution in [2.24, 2.45) is 0 Å². The molecule has 106 valence electrons. The number of nitrogens with zero attached hydrogens (tertiary/aromatic N) is 1. The number of hydrogen-bond acceptors (Lipinski definition) is 4. The maximum absolute atomic E-state index is 11.9. The number of H-pyrrole nitrogens is 1. The maximum Gasteiger partial charge on any atom is 0.258 e. The Labute approximate surface area is 117 Å². The molecule has 5 nitrogen and oxygen atoms in total. The second-order valence-corrected chi connectivity index (χ2v) is 5.13. The van der Waals surface area contributed by atoms with Gasteiger partial charge in [0.15, 0.2) is 0 Å². The highest BCUT2D eigenvalue weighted by atomic mass is 16.5. The van der Waals surface area contributed by atoms with Gasteiger partial charge >= 0.3 is 0 Å². The number of ether oxygens (including phenoxy) is 1. The standard InChI is InChI=1S/C15H19N3O2/c19-15-12-5-1-2-6-13(12)17-14(18-15)10-16-8-7-11-4-3-9-20-11/h1-2,5-6,11,16H,3-4,7-10H2,(H,17,18,19). The van der Waals surface area contributed by atoms with Gasteiger partial charge in [-0.05, 0) is 37.9 Å². The molecule has 1 fully saturated rings. The van der Waals surface area contributed by atoms with Crippen LogP contribution < -0.4 is 10.9 Å². The minimum atomic E-state index is -0.0773. The van der Waals surface area contributed by atoms with E-state index >= 15 is 0 Å². The number of nitrogens with one attached hydrogen (secondary N) is 2. The second-order valence-electron chi connectivity index (χ2n) is 5.13. The van der Waals surface area contributed by atoms with Gasteiger partial charge in [0.1, 0.15) is 5.82 Å². The number of aromatic nitrogens is 2. The molecule has 3 rings (SSSR count). The first-order valence-corrected chi connectivity index (χ1v) is 7.13. The zero-order chi connectivity index (χ0) is 13.8. The first-order chi connectivity index (χ1) is 9.83. The fraction of sp³-hybridized carbons (Fsp3) is 0.467. The lowest BCUT2D eigenvalue weighted by Crippen LogP contribution is -2.23. The normalized spacial score (nSPS) is 18.7. The van der Waals surface area contributed by atoms with Gasteiger partial charge in [-0.15, -0.1) is 0 Å². The zero-order valence-electron chi connectivity index (χ0n) is 11.4. The van der Waals surface area contributed by atoms with Crippen LogP contribution in [0.4, 0.5) is 0 Å². The van der Waals surface area contributed by atoms with E-state index in [4.69, 9.17) is 4.74 Å². The van der Waals surface area contributed by atoms with Crippen molar-refractivity contribution in [2.75, 3.05) is 13.2 Å². The summed E-state index contributed by atoms with van der Waals surface area (Å²) >= 11 is 0. The van der Waals surface area contributed by atoms with E-state index in [2.05, 4.69) is 15.3 Å². The molecule has 0 spiro atoms. The number of benzene rings is 1. The quantitative estimate of drug-likeness (QED) is 0.812. The van der Waals surface area contributed by atoms with Gasteiger partial charge in [0, 0.05) is 6.61 Å². The third-order valence-corrected chi connectivity index (χ3v) is 3.62. The Kier molecular flexibility index (Phi) is 4.08. The van der Waals surface area contributed by atoms with Crippen LogP contribution >= 0.6 is 0 Å².